The van der Waals surface area contributed by atoms with E-state index in [0.717, 1.165) is 17.4 Å². The molecule has 0 radical (unpaired) electrons. The molecule has 0 aromatic carbocycles. The predicted molar refractivity (Wildman–Crippen MR) is 109 cm³/mol. The normalized spacial score (nSPS) is 18.1. The average Bonchev–Trinajstić information content (AvgIpc) is 3.11. The first-order chi connectivity index (χ1) is 15.3. The molecule has 3 rings (SSSR count). The molecule has 0 saturated carbocycles. The van der Waals surface area contributed by atoms with Gasteiger partial charge in [-0.1, -0.05) is 0 Å². The van der Waals surface area contributed by atoms with Crippen LogP contribution in [-0.4, -0.2) is 73.7 Å². The number of hydrogen-bond donors (Lipinski definition) is 1. The highest BCUT2D eigenvalue weighted by Crippen LogP contribution is 2.29. The fourth-order valence-corrected chi connectivity index (χ4v) is 3.88. The summed E-state index contributed by atoms with van der Waals surface area (Å²) >= 11 is 0. The third kappa shape index (κ3) is 6.57. The topological polar surface area (TPSA) is 110 Å². The van der Waals surface area contributed by atoms with Crippen molar-refractivity contribution in [3.63, 3.8) is 0 Å². The van der Waals surface area contributed by atoms with E-state index in [0.29, 0.717) is 13.0 Å². The molecule has 1 unspecified atom stereocenters. The van der Waals surface area contributed by atoms with Crippen molar-refractivity contribution in [1.82, 2.24) is 29.9 Å². The minimum absolute atomic E-state index is 0.0459. The van der Waals surface area contributed by atoms with E-state index < -0.39 is 29.7 Å². The van der Waals surface area contributed by atoms with Crippen LogP contribution in [0, 0.1) is 0 Å². The van der Waals surface area contributed by atoms with Crippen LogP contribution < -0.4 is 5.32 Å². The Morgan fingerprint density at radius 1 is 1.12 bits per heavy atom. The highest BCUT2D eigenvalue weighted by molar-refractivity contribution is 5.79. The lowest BCUT2D eigenvalue weighted by atomic mass is 10.1. The van der Waals surface area contributed by atoms with Gasteiger partial charge >= 0.3 is 12.3 Å². The zero-order valence-corrected chi connectivity index (χ0v) is 18.9. The van der Waals surface area contributed by atoms with Gasteiger partial charge in [-0.05, 0) is 33.6 Å². The van der Waals surface area contributed by atoms with E-state index in [4.69, 9.17) is 4.74 Å². The molecule has 3 heterocycles. The molecule has 0 bridgehead atoms. The third-order valence-corrected chi connectivity index (χ3v) is 5.36. The lowest BCUT2D eigenvalue weighted by Crippen LogP contribution is -2.51. The zero-order chi connectivity index (χ0) is 24.4. The number of hydrogen-bond acceptors (Lipinski definition) is 6. The van der Waals surface area contributed by atoms with Crippen molar-refractivity contribution in [3.05, 3.63) is 11.6 Å². The largest absolute Gasteiger partial charge is 0.451 e. The minimum atomic E-state index is -4.62. The summed E-state index contributed by atoms with van der Waals surface area (Å²) in [5.41, 5.74) is -0.743. The first-order valence-corrected chi connectivity index (χ1v) is 10.9. The molecule has 1 aromatic heterocycles. The van der Waals surface area contributed by atoms with E-state index >= 15 is 0 Å². The number of nitrogens with one attached hydrogen (secondary N) is 1. The summed E-state index contributed by atoms with van der Waals surface area (Å²) in [5, 5.41) is 9.47. The van der Waals surface area contributed by atoms with Gasteiger partial charge in [0.05, 0.1) is 12.6 Å². The highest BCUT2D eigenvalue weighted by atomic mass is 19.4. The van der Waals surface area contributed by atoms with Gasteiger partial charge in [0.2, 0.25) is 17.6 Å². The van der Waals surface area contributed by atoms with Gasteiger partial charge in [-0.3, -0.25) is 9.59 Å². The van der Waals surface area contributed by atoms with E-state index in [9.17, 15) is 27.6 Å². The maximum absolute atomic E-state index is 13.0. The van der Waals surface area contributed by atoms with Gasteiger partial charge in [0.15, 0.2) is 5.82 Å². The summed E-state index contributed by atoms with van der Waals surface area (Å²) in [5.74, 6) is -1.46. The van der Waals surface area contributed by atoms with Crippen LogP contribution in [0.4, 0.5) is 18.0 Å². The number of carbonyl (C=O) groups excluding carboxylic acids is 3. The molecule has 184 valence electrons. The van der Waals surface area contributed by atoms with Crippen LogP contribution in [0.5, 0.6) is 0 Å². The lowest BCUT2D eigenvalue weighted by Gasteiger charge is -2.33. The minimum Gasteiger partial charge on any atom is -0.444 e. The maximum Gasteiger partial charge on any atom is 0.451 e. The number of ether oxygens (including phenoxy) is 1. The summed E-state index contributed by atoms with van der Waals surface area (Å²) in [7, 11) is 0. The van der Waals surface area contributed by atoms with Gasteiger partial charge in [-0.25, -0.2) is 4.79 Å². The molecule has 0 aliphatic carbocycles. The Kier molecular flexibility index (Phi) is 7.17. The van der Waals surface area contributed by atoms with Crippen molar-refractivity contribution < 1.29 is 32.3 Å². The molecular formula is C20H29F3N6O4. The second-order valence-electron chi connectivity index (χ2n) is 9.25. The molecule has 2 aliphatic heterocycles. The Morgan fingerprint density at radius 3 is 2.48 bits per heavy atom. The van der Waals surface area contributed by atoms with Crippen molar-refractivity contribution in [2.45, 2.75) is 77.4 Å². The number of alkyl halides is 3. The molecule has 10 nitrogen and oxygen atoms in total. The number of carbonyl (C=O) groups is 3. The quantitative estimate of drug-likeness (QED) is 0.699. The highest BCUT2D eigenvalue weighted by Gasteiger charge is 2.40. The summed E-state index contributed by atoms with van der Waals surface area (Å²) in [6.07, 6.45) is -3.42. The van der Waals surface area contributed by atoms with Crippen molar-refractivity contribution in [2.24, 2.45) is 0 Å². The SMILES string of the molecule is CC(C)(C)OC(=O)NC(CC(=O)N1CCn2c(nnc2C(F)(F)F)C1)CN1CCCCC1=O. The number of likely N-dealkylation sites (tertiary alicyclic amines) is 1. The second-order valence-corrected chi connectivity index (χ2v) is 9.25. The Labute approximate surface area is 189 Å². The number of halogens is 3. The molecule has 33 heavy (non-hydrogen) atoms. The zero-order valence-electron chi connectivity index (χ0n) is 18.9. The van der Waals surface area contributed by atoms with E-state index in [-0.39, 0.29) is 50.2 Å². The third-order valence-electron chi connectivity index (χ3n) is 5.36. The number of piperidine rings is 1. The monoisotopic (exact) mass is 474 g/mol. The Balaban J connectivity index is 1.68. The van der Waals surface area contributed by atoms with Crippen LogP contribution in [-0.2, 0) is 33.6 Å². The molecule has 1 fully saturated rings. The number of aromatic nitrogens is 3. The van der Waals surface area contributed by atoms with Crippen molar-refractivity contribution in [1.29, 1.82) is 0 Å². The van der Waals surface area contributed by atoms with Gasteiger partial charge in [-0.2, -0.15) is 13.2 Å². The molecule has 2 aliphatic rings. The summed E-state index contributed by atoms with van der Waals surface area (Å²) < 4.78 is 45.4. The van der Waals surface area contributed by atoms with Crippen molar-refractivity contribution >= 4 is 17.9 Å². The number of alkyl carbamates (subject to hydrolysis) is 1. The Hall–Kier alpha value is -2.86. The molecule has 1 aromatic rings. The van der Waals surface area contributed by atoms with E-state index in [1.807, 2.05) is 0 Å². The molecule has 1 atom stereocenters. The summed E-state index contributed by atoms with van der Waals surface area (Å²) in [4.78, 5) is 40.5. The number of amides is 3. The molecule has 13 heteroatoms. The van der Waals surface area contributed by atoms with Crippen LogP contribution in [0.25, 0.3) is 0 Å². The van der Waals surface area contributed by atoms with Gasteiger partial charge in [0, 0.05) is 39.0 Å². The lowest BCUT2D eigenvalue weighted by molar-refractivity contribution is -0.148. The van der Waals surface area contributed by atoms with E-state index in [1.54, 1.807) is 25.7 Å². The van der Waals surface area contributed by atoms with Crippen LogP contribution in [0.15, 0.2) is 0 Å². The van der Waals surface area contributed by atoms with Crippen LogP contribution in [0.2, 0.25) is 0 Å². The number of nitrogens with zero attached hydrogens (tertiary/aromatic N) is 5. The summed E-state index contributed by atoms with van der Waals surface area (Å²) in [6.45, 7) is 5.65. The van der Waals surface area contributed by atoms with Crippen LogP contribution in [0.1, 0.15) is 58.1 Å². The predicted octanol–water partition coefficient (Wildman–Crippen LogP) is 1.93. The average molecular weight is 474 g/mol. The first kappa shape index (κ1) is 24.8. The van der Waals surface area contributed by atoms with Crippen LogP contribution in [0.3, 0.4) is 0 Å². The van der Waals surface area contributed by atoms with Gasteiger partial charge in [-0.15, -0.1) is 10.2 Å². The summed E-state index contributed by atoms with van der Waals surface area (Å²) in [6, 6.07) is -0.708. The Morgan fingerprint density at radius 2 is 1.85 bits per heavy atom. The smallest absolute Gasteiger partial charge is 0.444 e. The van der Waals surface area contributed by atoms with Crippen LogP contribution >= 0.6 is 0 Å². The molecular weight excluding hydrogens is 445 g/mol. The van der Waals surface area contributed by atoms with E-state index in [2.05, 4.69) is 15.5 Å². The van der Waals surface area contributed by atoms with Gasteiger partial charge < -0.3 is 24.4 Å². The maximum atomic E-state index is 13.0. The van der Waals surface area contributed by atoms with Crippen molar-refractivity contribution in [3.8, 4) is 0 Å². The van der Waals surface area contributed by atoms with Gasteiger partial charge in [0.1, 0.15) is 5.60 Å². The molecule has 1 saturated heterocycles. The van der Waals surface area contributed by atoms with Crippen molar-refractivity contribution in [2.75, 3.05) is 19.6 Å². The fraction of sp³-hybridized carbons (Fsp3) is 0.750. The standard InChI is InChI=1S/C20H29F3N6O4/c1-19(2,3)33-18(32)24-13(11-27-7-5-4-6-15(27)30)10-16(31)28-8-9-29-14(12-28)25-26-17(29)20(21,22)23/h13H,4-12H2,1-3H3,(H,24,32). The first-order valence-electron chi connectivity index (χ1n) is 10.9. The molecule has 1 N–H and O–H groups in total. The van der Waals surface area contributed by atoms with Gasteiger partial charge in [0.25, 0.3) is 0 Å². The fourth-order valence-electron chi connectivity index (χ4n) is 3.88. The van der Waals surface area contributed by atoms with E-state index in [1.165, 1.54) is 4.90 Å². The Bertz CT molecular complexity index is 895. The molecule has 0 spiro atoms. The molecule has 3 amide bonds. The number of fused-ring (bicyclic) bond motifs is 1. The number of rotatable bonds is 5. The second kappa shape index (κ2) is 9.56.